The third-order valence-electron chi connectivity index (χ3n) is 1.87. The van der Waals surface area contributed by atoms with Crippen molar-refractivity contribution >= 4 is 27.3 Å². The fourth-order valence-electron chi connectivity index (χ4n) is 1.31. The lowest BCUT2D eigenvalue weighted by Crippen LogP contribution is -2.18. The van der Waals surface area contributed by atoms with Crippen molar-refractivity contribution in [2.24, 2.45) is 0 Å². The molecule has 1 heterocycles. The van der Waals surface area contributed by atoms with E-state index in [2.05, 4.69) is 59.5 Å². The number of halogens is 1. The van der Waals surface area contributed by atoms with Gasteiger partial charge in [0.15, 0.2) is 0 Å². The Bertz CT molecular complexity index is 313. The molecule has 1 atom stereocenters. The lowest BCUT2D eigenvalue weighted by atomic mass is 10.1. The van der Waals surface area contributed by atoms with E-state index in [0.29, 0.717) is 6.04 Å². The number of hydrogen-bond donors (Lipinski definition) is 1. The largest absolute Gasteiger partial charge is 0.307 e. The summed E-state index contributed by atoms with van der Waals surface area (Å²) >= 11 is 5.22. The number of hydrogen-bond acceptors (Lipinski definition) is 2. The molecule has 1 aromatic heterocycles. The molecule has 0 bridgehead atoms. The zero-order valence-corrected chi connectivity index (χ0v) is 11.2. The van der Waals surface area contributed by atoms with Crippen LogP contribution in [0, 0.1) is 0 Å². The molecule has 0 radical (unpaired) electrons. The molecule has 0 saturated carbocycles. The maximum atomic E-state index is 3.49. The fourth-order valence-corrected chi connectivity index (χ4v) is 2.52. The summed E-state index contributed by atoms with van der Waals surface area (Å²) in [5.74, 6) is 0. The van der Waals surface area contributed by atoms with Crippen LogP contribution in [0.3, 0.4) is 0 Å². The minimum absolute atomic E-state index is 0.354. The molecular formula is C11H16BrNS. The summed E-state index contributed by atoms with van der Waals surface area (Å²) in [6.07, 6.45) is 2.26. The van der Waals surface area contributed by atoms with Crippen LogP contribution in [0.4, 0.5) is 0 Å². The van der Waals surface area contributed by atoms with Crippen molar-refractivity contribution in [2.75, 3.05) is 6.54 Å². The van der Waals surface area contributed by atoms with Gasteiger partial charge in [0.25, 0.3) is 0 Å². The van der Waals surface area contributed by atoms with Gasteiger partial charge in [-0.2, -0.15) is 0 Å². The predicted octanol–water partition coefficient (Wildman–Crippen LogP) is 4.13. The normalized spacial score (nSPS) is 12.6. The SMILES string of the molecule is CCNC(C=C(C)C)c1csc(Br)c1. The second kappa shape index (κ2) is 5.69. The highest BCUT2D eigenvalue weighted by Crippen LogP contribution is 2.26. The molecule has 0 amide bonds. The van der Waals surface area contributed by atoms with Gasteiger partial charge in [-0.15, -0.1) is 11.3 Å². The van der Waals surface area contributed by atoms with E-state index in [1.54, 1.807) is 11.3 Å². The molecule has 0 fully saturated rings. The first-order valence-electron chi connectivity index (χ1n) is 4.75. The van der Waals surface area contributed by atoms with Gasteiger partial charge in [-0.25, -0.2) is 0 Å². The average molecular weight is 274 g/mol. The second-order valence-corrected chi connectivity index (χ2v) is 5.75. The minimum Gasteiger partial charge on any atom is -0.307 e. The van der Waals surface area contributed by atoms with Crippen LogP contribution in [0.15, 0.2) is 26.9 Å². The van der Waals surface area contributed by atoms with Gasteiger partial charge in [-0.3, -0.25) is 0 Å². The summed E-state index contributed by atoms with van der Waals surface area (Å²) < 4.78 is 1.19. The van der Waals surface area contributed by atoms with E-state index in [4.69, 9.17) is 0 Å². The fraction of sp³-hybridized carbons (Fsp3) is 0.455. The van der Waals surface area contributed by atoms with E-state index >= 15 is 0 Å². The number of rotatable bonds is 4. The molecule has 0 saturated heterocycles. The van der Waals surface area contributed by atoms with Gasteiger partial charge in [0, 0.05) is 0 Å². The summed E-state index contributed by atoms with van der Waals surface area (Å²) in [7, 11) is 0. The van der Waals surface area contributed by atoms with Crippen LogP contribution in [-0.2, 0) is 0 Å². The van der Waals surface area contributed by atoms with Gasteiger partial charge in [-0.05, 0) is 53.3 Å². The van der Waals surface area contributed by atoms with Gasteiger partial charge in [0.2, 0.25) is 0 Å². The van der Waals surface area contributed by atoms with Crippen molar-refractivity contribution in [3.05, 3.63) is 32.4 Å². The molecule has 1 N–H and O–H groups in total. The monoisotopic (exact) mass is 273 g/mol. The Morgan fingerprint density at radius 3 is 2.79 bits per heavy atom. The first-order valence-corrected chi connectivity index (χ1v) is 6.43. The maximum Gasteiger partial charge on any atom is 0.0701 e. The van der Waals surface area contributed by atoms with Crippen LogP contribution in [0.5, 0.6) is 0 Å². The molecule has 78 valence electrons. The molecule has 0 aliphatic rings. The van der Waals surface area contributed by atoms with Gasteiger partial charge in [-0.1, -0.05) is 18.6 Å². The highest BCUT2D eigenvalue weighted by Gasteiger charge is 2.08. The van der Waals surface area contributed by atoms with Crippen molar-refractivity contribution in [2.45, 2.75) is 26.8 Å². The molecule has 1 rings (SSSR count). The molecule has 0 aromatic carbocycles. The number of thiophene rings is 1. The Morgan fingerprint density at radius 1 is 1.64 bits per heavy atom. The molecule has 0 aliphatic heterocycles. The molecule has 0 spiro atoms. The Labute approximate surface area is 98.4 Å². The van der Waals surface area contributed by atoms with Gasteiger partial charge >= 0.3 is 0 Å². The Kier molecular flexibility index (Phi) is 4.85. The predicted molar refractivity (Wildman–Crippen MR) is 67.9 cm³/mol. The first-order chi connectivity index (χ1) is 6.63. The topological polar surface area (TPSA) is 12.0 Å². The third kappa shape index (κ3) is 3.56. The summed E-state index contributed by atoms with van der Waals surface area (Å²) in [4.78, 5) is 0. The average Bonchev–Trinajstić information content (AvgIpc) is 2.50. The van der Waals surface area contributed by atoms with E-state index in [1.807, 2.05) is 0 Å². The number of allylic oxidation sites excluding steroid dienone is 1. The Balaban J connectivity index is 2.82. The lowest BCUT2D eigenvalue weighted by Gasteiger charge is -2.12. The lowest BCUT2D eigenvalue weighted by molar-refractivity contribution is 0.646. The summed E-state index contributed by atoms with van der Waals surface area (Å²) in [6.45, 7) is 7.38. The van der Waals surface area contributed by atoms with Crippen molar-refractivity contribution in [1.82, 2.24) is 5.32 Å². The summed E-state index contributed by atoms with van der Waals surface area (Å²) in [5.41, 5.74) is 2.68. The van der Waals surface area contributed by atoms with E-state index in [9.17, 15) is 0 Å². The Hall–Kier alpha value is -0.120. The molecule has 1 unspecified atom stereocenters. The number of nitrogens with one attached hydrogen (secondary N) is 1. The second-order valence-electron chi connectivity index (χ2n) is 3.46. The maximum absolute atomic E-state index is 3.49. The number of likely N-dealkylation sites (N-methyl/N-ethyl adjacent to an activating group) is 1. The molecule has 1 aromatic rings. The van der Waals surface area contributed by atoms with Crippen LogP contribution in [-0.4, -0.2) is 6.54 Å². The van der Waals surface area contributed by atoms with Gasteiger partial charge in [0.05, 0.1) is 9.83 Å². The molecular weight excluding hydrogens is 258 g/mol. The Morgan fingerprint density at radius 2 is 2.36 bits per heavy atom. The zero-order chi connectivity index (χ0) is 10.6. The summed E-state index contributed by atoms with van der Waals surface area (Å²) in [5, 5.41) is 5.64. The van der Waals surface area contributed by atoms with Crippen LogP contribution in [0.1, 0.15) is 32.4 Å². The van der Waals surface area contributed by atoms with Crippen molar-refractivity contribution < 1.29 is 0 Å². The smallest absolute Gasteiger partial charge is 0.0701 e. The van der Waals surface area contributed by atoms with E-state index < -0.39 is 0 Å². The van der Waals surface area contributed by atoms with Crippen LogP contribution >= 0.6 is 27.3 Å². The standard InChI is InChI=1S/C11H16BrNS/c1-4-13-10(5-8(2)3)9-6-11(12)14-7-9/h5-7,10,13H,4H2,1-3H3. The van der Waals surface area contributed by atoms with E-state index in [0.717, 1.165) is 6.54 Å². The summed E-state index contributed by atoms with van der Waals surface area (Å²) in [6, 6.07) is 2.53. The van der Waals surface area contributed by atoms with Crippen LogP contribution < -0.4 is 5.32 Å². The minimum atomic E-state index is 0.354. The highest BCUT2D eigenvalue weighted by atomic mass is 79.9. The third-order valence-corrected chi connectivity index (χ3v) is 3.39. The van der Waals surface area contributed by atoms with Crippen LogP contribution in [0.25, 0.3) is 0 Å². The van der Waals surface area contributed by atoms with Crippen molar-refractivity contribution in [3.8, 4) is 0 Å². The zero-order valence-electron chi connectivity index (χ0n) is 8.80. The van der Waals surface area contributed by atoms with E-state index in [1.165, 1.54) is 14.9 Å². The highest BCUT2D eigenvalue weighted by molar-refractivity contribution is 9.11. The molecule has 1 nitrogen and oxygen atoms in total. The van der Waals surface area contributed by atoms with E-state index in [-0.39, 0.29) is 0 Å². The van der Waals surface area contributed by atoms with Gasteiger partial charge in [0.1, 0.15) is 0 Å². The molecule has 0 aliphatic carbocycles. The molecule has 3 heteroatoms. The van der Waals surface area contributed by atoms with Crippen molar-refractivity contribution in [3.63, 3.8) is 0 Å². The van der Waals surface area contributed by atoms with Crippen LogP contribution in [0.2, 0.25) is 0 Å². The van der Waals surface area contributed by atoms with Crippen molar-refractivity contribution in [1.29, 1.82) is 0 Å². The quantitative estimate of drug-likeness (QED) is 0.814. The first kappa shape index (κ1) is 12.0. The van der Waals surface area contributed by atoms with Gasteiger partial charge < -0.3 is 5.32 Å². The molecule has 14 heavy (non-hydrogen) atoms.